The number of benzene rings is 2. The Morgan fingerprint density at radius 3 is 2.50 bits per heavy atom. The molecule has 0 heterocycles. The summed E-state index contributed by atoms with van der Waals surface area (Å²) in [5, 5.41) is 9.34. The summed E-state index contributed by atoms with van der Waals surface area (Å²) in [7, 11) is 0. The first kappa shape index (κ1) is 12.9. The van der Waals surface area contributed by atoms with Gasteiger partial charge in [-0.15, -0.1) is 0 Å². The lowest BCUT2D eigenvalue weighted by Gasteiger charge is -2.20. The van der Waals surface area contributed by atoms with E-state index in [4.69, 9.17) is 0 Å². The Kier molecular flexibility index (Phi) is 3.05. The highest BCUT2D eigenvalue weighted by Crippen LogP contribution is 2.35. The average Bonchev–Trinajstić information content (AvgIpc) is 2.45. The van der Waals surface area contributed by atoms with Crippen LogP contribution < -0.4 is 0 Å². The normalized spacial score (nSPS) is 13.8. The van der Waals surface area contributed by atoms with Crippen LogP contribution >= 0.6 is 0 Å². The maximum atomic E-state index is 14.2. The fourth-order valence-electron chi connectivity index (χ4n) is 2.64. The number of aromatic hydroxyl groups is 1. The molecule has 0 bridgehead atoms. The van der Waals surface area contributed by atoms with Crippen molar-refractivity contribution in [1.82, 2.24) is 0 Å². The third-order valence-electron chi connectivity index (χ3n) is 3.76. The molecule has 3 heteroatoms. The molecule has 1 N–H and O–H groups in total. The molecule has 1 aliphatic carbocycles. The van der Waals surface area contributed by atoms with Crippen molar-refractivity contribution in [2.75, 3.05) is 0 Å². The lowest BCUT2D eigenvalue weighted by atomic mass is 9.85. The van der Waals surface area contributed by atoms with E-state index in [2.05, 4.69) is 0 Å². The maximum absolute atomic E-state index is 14.2. The quantitative estimate of drug-likeness (QED) is 0.818. The van der Waals surface area contributed by atoms with Crippen LogP contribution in [-0.2, 0) is 6.42 Å². The zero-order chi connectivity index (χ0) is 14.3. The fourth-order valence-corrected chi connectivity index (χ4v) is 2.64. The minimum Gasteiger partial charge on any atom is -0.508 e. The van der Waals surface area contributed by atoms with Gasteiger partial charge in [0.15, 0.2) is 0 Å². The van der Waals surface area contributed by atoms with Gasteiger partial charge in [-0.25, -0.2) is 8.78 Å². The first-order chi connectivity index (χ1) is 9.58. The molecule has 0 atom stereocenters. The molecule has 3 rings (SSSR count). The van der Waals surface area contributed by atoms with Gasteiger partial charge in [-0.2, -0.15) is 0 Å². The van der Waals surface area contributed by atoms with E-state index < -0.39 is 11.6 Å². The SMILES string of the molecule is Cc1c(F)cc2c(c1F)CCC=C2c1ccc(O)cc1. The van der Waals surface area contributed by atoms with Crippen molar-refractivity contribution in [1.29, 1.82) is 0 Å². The first-order valence-corrected chi connectivity index (χ1v) is 6.55. The summed E-state index contributed by atoms with van der Waals surface area (Å²) in [6.07, 6.45) is 3.30. The van der Waals surface area contributed by atoms with Gasteiger partial charge in [0.25, 0.3) is 0 Å². The summed E-state index contributed by atoms with van der Waals surface area (Å²) < 4.78 is 28.0. The molecule has 2 aromatic rings. The van der Waals surface area contributed by atoms with Crippen molar-refractivity contribution in [2.45, 2.75) is 19.8 Å². The van der Waals surface area contributed by atoms with Gasteiger partial charge >= 0.3 is 0 Å². The number of hydrogen-bond donors (Lipinski definition) is 1. The van der Waals surface area contributed by atoms with Crippen LogP contribution in [0.2, 0.25) is 0 Å². The smallest absolute Gasteiger partial charge is 0.132 e. The summed E-state index contributed by atoms with van der Waals surface area (Å²) >= 11 is 0. The highest BCUT2D eigenvalue weighted by molar-refractivity contribution is 5.83. The highest BCUT2D eigenvalue weighted by atomic mass is 19.1. The summed E-state index contributed by atoms with van der Waals surface area (Å²) in [6, 6.07) is 8.07. The van der Waals surface area contributed by atoms with Crippen LogP contribution in [0.3, 0.4) is 0 Å². The molecule has 0 spiro atoms. The van der Waals surface area contributed by atoms with Gasteiger partial charge in [0.2, 0.25) is 0 Å². The van der Waals surface area contributed by atoms with Crippen molar-refractivity contribution >= 4 is 5.57 Å². The molecule has 1 aliphatic rings. The molecule has 0 fully saturated rings. The van der Waals surface area contributed by atoms with E-state index in [1.807, 2.05) is 6.08 Å². The highest BCUT2D eigenvalue weighted by Gasteiger charge is 2.21. The molecule has 20 heavy (non-hydrogen) atoms. The molecular formula is C17H14F2O. The van der Waals surface area contributed by atoms with Crippen LogP contribution in [0.15, 0.2) is 36.4 Å². The van der Waals surface area contributed by atoms with Crippen LogP contribution in [0, 0.1) is 18.6 Å². The molecule has 0 amide bonds. The van der Waals surface area contributed by atoms with Gasteiger partial charge in [0.1, 0.15) is 17.4 Å². The number of rotatable bonds is 1. The summed E-state index contributed by atoms with van der Waals surface area (Å²) in [5.41, 5.74) is 2.95. The number of allylic oxidation sites excluding steroid dienone is 1. The van der Waals surface area contributed by atoms with Crippen molar-refractivity contribution in [3.05, 3.63) is 70.3 Å². The predicted octanol–water partition coefficient (Wildman–Crippen LogP) is 4.36. The third kappa shape index (κ3) is 1.99. The van der Waals surface area contributed by atoms with Crippen LogP contribution in [-0.4, -0.2) is 5.11 Å². The van der Waals surface area contributed by atoms with Gasteiger partial charge in [-0.05, 0) is 60.2 Å². The molecule has 1 nitrogen and oxygen atoms in total. The van der Waals surface area contributed by atoms with E-state index in [1.54, 1.807) is 24.3 Å². The summed E-state index contributed by atoms with van der Waals surface area (Å²) in [4.78, 5) is 0. The summed E-state index contributed by atoms with van der Waals surface area (Å²) in [6.45, 7) is 1.46. The van der Waals surface area contributed by atoms with E-state index >= 15 is 0 Å². The molecule has 0 unspecified atom stereocenters. The molecule has 0 aromatic heterocycles. The number of fused-ring (bicyclic) bond motifs is 1. The van der Waals surface area contributed by atoms with E-state index in [9.17, 15) is 13.9 Å². The molecule has 0 saturated carbocycles. The molecule has 0 radical (unpaired) electrons. The molecule has 102 valence electrons. The van der Waals surface area contributed by atoms with E-state index in [-0.39, 0.29) is 11.3 Å². The average molecular weight is 272 g/mol. The fraction of sp³-hybridized carbons (Fsp3) is 0.176. The second-order valence-electron chi connectivity index (χ2n) is 5.03. The van der Waals surface area contributed by atoms with E-state index in [0.717, 1.165) is 17.6 Å². The number of phenolic OH excluding ortho intramolecular Hbond substituents is 1. The largest absolute Gasteiger partial charge is 0.508 e. The van der Waals surface area contributed by atoms with E-state index in [0.29, 0.717) is 17.5 Å². The first-order valence-electron chi connectivity index (χ1n) is 6.55. The zero-order valence-corrected chi connectivity index (χ0v) is 11.1. The van der Waals surface area contributed by atoms with Crippen molar-refractivity contribution in [3.63, 3.8) is 0 Å². The van der Waals surface area contributed by atoms with Crippen LogP contribution in [0.25, 0.3) is 5.57 Å². The van der Waals surface area contributed by atoms with Gasteiger partial charge in [-0.3, -0.25) is 0 Å². The van der Waals surface area contributed by atoms with Crippen molar-refractivity contribution in [2.24, 2.45) is 0 Å². The van der Waals surface area contributed by atoms with Gasteiger partial charge in [-0.1, -0.05) is 18.2 Å². The Morgan fingerprint density at radius 2 is 1.80 bits per heavy atom. The Hall–Kier alpha value is -2.16. The monoisotopic (exact) mass is 272 g/mol. The maximum Gasteiger partial charge on any atom is 0.132 e. The van der Waals surface area contributed by atoms with Gasteiger partial charge < -0.3 is 5.11 Å². The minimum atomic E-state index is -0.521. The molecule has 2 aromatic carbocycles. The van der Waals surface area contributed by atoms with Gasteiger partial charge in [0, 0.05) is 5.56 Å². The minimum absolute atomic E-state index is 0.0794. The predicted molar refractivity (Wildman–Crippen MR) is 74.6 cm³/mol. The second-order valence-corrected chi connectivity index (χ2v) is 5.03. The Balaban J connectivity index is 2.18. The van der Waals surface area contributed by atoms with E-state index in [1.165, 1.54) is 13.0 Å². The number of halogens is 2. The third-order valence-corrected chi connectivity index (χ3v) is 3.76. The Morgan fingerprint density at radius 1 is 1.10 bits per heavy atom. The number of hydrogen-bond acceptors (Lipinski definition) is 1. The second kappa shape index (κ2) is 4.75. The molecular weight excluding hydrogens is 258 g/mol. The molecule has 0 aliphatic heterocycles. The Bertz CT molecular complexity index is 700. The van der Waals surface area contributed by atoms with Crippen LogP contribution in [0.4, 0.5) is 8.78 Å². The summed E-state index contributed by atoms with van der Waals surface area (Å²) in [5.74, 6) is -0.788. The van der Waals surface area contributed by atoms with Gasteiger partial charge in [0.05, 0.1) is 0 Å². The van der Waals surface area contributed by atoms with Crippen LogP contribution in [0.1, 0.15) is 28.7 Å². The lowest BCUT2D eigenvalue weighted by molar-refractivity contribution is 0.475. The lowest BCUT2D eigenvalue weighted by Crippen LogP contribution is -2.07. The molecule has 0 saturated heterocycles. The van der Waals surface area contributed by atoms with Crippen LogP contribution in [0.5, 0.6) is 5.75 Å². The van der Waals surface area contributed by atoms with Crippen molar-refractivity contribution < 1.29 is 13.9 Å². The van der Waals surface area contributed by atoms with Crippen molar-refractivity contribution in [3.8, 4) is 5.75 Å². The standard InChI is InChI=1S/C17H14F2O/c1-10-16(18)9-15-13(3-2-4-14(15)17(10)19)11-5-7-12(20)8-6-11/h3,5-9,20H,2,4H2,1H3. The Labute approximate surface area is 116 Å². The zero-order valence-electron chi connectivity index (χ0n) is 11.1. The topological polar surface area (TPSA) is 20.2 Å². The number of phenols is 1.